The monoisotopic (exact) mass is 240 g/mol. The molecule has 0 aliphatic carbocycles. The molecule has 0 radical (unpaired) electrons. The molecule has 1 heterocycles. The SMILES string of the molecule is CC(C)CCCCCCN1CCC(N)C(C)C1. The Balaban J connectivity index is 1.96. The first-order chi connectivity index (χ1) is 8.09. The summed E-state index contributed by atoms with van der Waals surface area (Å²) in [6.07, 6.45) is 8.20. The molecule has 2 N–H and O–H groups in total. The second-order valence-corrected chi connectivity index (χ2v) is 6.33. The minimum atomic E-state index is 0.442. The Hall–Kier alpha value is -0.0800. The van der Waals surface area contributed by atoms with Crippen LogP contribution in [0.5, 0.6) is 0 Å². The molecule has 2 unspecified atom stereocenters. The molecule has 102 valence electrons. The van der Waals surface area contributed by atoms with Crippen LogP contribution in [0.4, 0.5) is 0 Å². The average molecular weight is 240 g/mol. The molecule has 0 saturated carbocycles. The van der Waals surface area contributed by atoms with E-state index in [0.29, 0.717) is 12.0 Å². The lowest BCUT2D eigenvalue weighted by molar-refractivity contribution is 0.162. The molecule has 0 spiro atoms. The van der Waals surface area contributed by atoms with Crippen LogP contribution in [0.2, 0.25) is 0 Å². The van der Waals surface area contributed by atoms with Crippen LogP contribution < -0.4 is 5.73 Å². The normalized spacial score (nSPS) is 26.6. The van der Waals surface area contributed by atoms with Gasteiger partial charge >= 0.3 is 0 Å². The van der Waals surface area contributed by atoms with Crippen LogP contribution in [0.15, 0.2) is 0 Å². The zero-order valence-corrected chi connectivity index (χ0v) is 12.1. The van der Waals surface area contributed by atoms with Gasteiger partial charge in [-0.1, -0.05) is 46.5 Å². The average Bonchev–Trinajstić information content (AvgIpc) is 2.27. The van der Waals surface area contributed by atoms with E-state index in [-0.39, 0.29) is 0 Å². The van der Waals surface area contributed by atoms with Gasteiger partial charge in [-0.2, -0.15) is 0 Å². The molecular weight excluding hydrogens is 208 g/mol. The van der Waals surface area contributed by atoms with Crippen molar-refractivity contribution in [1.29, 1.82) is 0 Å². The van der Waals surface area contributed by atoms with Crippen LogP contribution in [0, 0.1) is 11.8 Å². The van der Waals surface area contributed by atoms with Crippen molar-refractivity contribution in [2.45, 2.75) is 65.3 Å². The Morgan fingerprint density at radius 3 is 2.53 bits per heavy atom. The van der Waals surface area contributed by atoms with Gasteiger partial charge in [-0.15, -0.1) is 0 Å². The highest BCUT2D eigenvalue weighted by Crippen LogP contribution is 2.16. The molecule has 0 aromatic carbocycles. The van der Waals surface area contributed by atoms with Crippen molar-refractivity contribution < 1.29 is 0 Å². The van der Waals surface area contributed by atoms with E-state index in [9.17, 15) is 0 Å². The summed E-state index contributed by atoms with van der Waals surface area (Å²) in [6, 6.07) is 0.442. The Labute approximate surface area is 108 Å². The fourth-order valence-electron chi connectivity index (χ4n) is 2.69. The van der Waals surface area contributed by atoms with Gasteiger partial charge in [-0.05, 0) is 37.8 Å². The van der Waals surface area contributed by atoms with Gasteiger partial charge in [0.2, 0.25) is 0 Å². The predicted octanol–water partition coefficient (Wildman–Crippen LogP) is 3.26. The summed E-state index contributed by atoms with van der Waals surface area (Å²) in [6.45, 7) is 10.7. The van der Waals surface area contributed by atoms with Gasteiger partial charge in [0.15, 0.2) is 0 Å². The molecule has 2 atom stereocenters. The largest absolute Gasteiger partial charge is 0.327 e. The fraction of sp³-hybridized carbons (Fsp3) is 1.00. The third-order valence-electron chi connectivity index (χ3n) is 4.06. The minimum absolute atomic E-state index is 0.442. The highest BCUT2D eigenvalue weighted by atomic mass is 15.1. The zero-order chi connectivity index (χ0) is 12.7. The molecule has 0 aromatic rings. The molecule has 1 aliphatic rings. The minimum Gasteiger partial charge on any atom is -0.327 e. The lowest BCUT2D eigenvalue weighted by Crippen LogP contribution is -2.46. The first kappa shape index (κ1) is 15.0. The molecule has 1 aliphatic heterocycles. The summed E-state index contributed by atoms with van der Waals surface area (Å²) >= 11 is 0. The molecular formula is C15H32N2. The third-order valence-corrected chi connectivity index (χ3v) is 4.06. The van der Waals surface area contributed by atoms with E-state index >= 15 is 0 Å². The Morgan fingerprint density at radius 1 is 1.18 bits per heavy atom. The maximum atomic E-state index is 6.04. The van der Waals surface area contributed by atoms with Crippen LogP contribution in [0.25, 0.3) is 0 Å². The summed E-state index contributed by atoms with van der Waals surface area (Å²) in [7, 11) is 0. The number of nitrogens with two attached hydrogens (primary N) is 1. The van der Waals surface area contributed by atoms with Gasteiger partial charge < -0.3 is 10.6 Å². The lowest BCUT2D eigenvalue weighted by atomic mass is 9.94. The smallest absolute Gasteiger partial charge is 0.00889 e. The molecule has 2 heteroatoms. The number of piperidine rings is 1. The number of unbranched alkanes of at least 4 members (excludes halogenated alkanes) is 3. The summed E-state index contributed by atoms with van der Waals surface area (Å²) in [5.74, 6) is 1.56. The molecule has 0 aromatic heterocycles. The summed E-state index contributed by atoms with van der Waals surface area (Å²) in [4.78, 5) is 2.61. The van der Waals surface area contributed by atoms with Crippen molar-refractivity contribution in [3.05, 3.63) is 0 Å². The second-order valence-electron chi connectivity index (χ2n) is 6.33. The van der Waals surface area contributed by atoms with Crippen LogP contribution in [0.1, 0.15) is 59.3 Å². The van der Waals surface area contributed by atoms with E-state index in [2.05, 4.69) is 25.7 Å². The van der Waals surface area contributed by atoms with E-state index in [1.54, 1.807) is 0 Å². The highest BCUT2D eigenvalue weighted by molar-refractivity contribution is 4.79. The van der Waals surface area contributed by atoms with Crippen LogP contribution in [-0.2, 0) is 0 Å². The van der Waals surface area contributed by atoms with Crippen LogP contribution in [-0.4, -0.2) is 30.6 Å². The summed E-state index contributed by atoms with van der Waals surface area (Å²) in [5.41, 5.74) is 6.04. The van der Waals surface area contributed by atoms with Gasteiger partial charge in [-0.3, -0.25) is 0 Å². The maximum absolute atomic E-state index is 6.04. The van der Waals surface area contributed by atoms with Gasteiger partial charge in [0.05, 0.1) is 0 Å². The second kappa shape index (κ2) is 8.10. The van der Waals surface area contributed by atoms with Crippen molar-refractivity contribution in [1.82, 2.24) is 4.90 Å². The first-order valence-electron chi connectivity index (χ1n) is 7.57. The maximum Gasteiger partial charge on any atom is 0.00889 e. The molecule has 0 amide bonds. The number of likely N-dealkylation sites (tertiary alicyclic amines) is 1. The summed E-state index contributed by atoms with van der Waals surface area (Å²) in [5, 5.41) is 0. The van der Waals surface area contributed by atoms with Gasteiger partial charge in [0, 0.05) is 12.6 Å². The Kier molecular flexibility index (Phi) is 7.14. The van der Waals surface area contributed by atoms with Crippen molar-refractivity contribution in [3.8, 4) is 0 Å². The molecule has 1 fully saturated rings. The van der Waals surface area contributed by atoms with Gasteiger partial charge in [0.1, 0.15) is 0 Å². The van der Waals surface area contributed by atoms with Gasteiger partial charge in [0.25, 0.3) is 0 Å². The first-order valence-corrected chi connectivity index (χ1v) is 7.57. The fourth-order valence-corrected chi connectivity index (χ4v) is 2.69. The molecule has 1 rings (SSSR count). The zero-order valence-electron chi connectivity index (χ0n) is 12.1. The molecule has 17 heavy (non-hydrogen) atoms. The van der Waals surface area contributed by atoms with Crippen molar-refractivity contribution in [2.24, 2.45) is 17.6 Å². The number of nitrogens with zero attached hydrogens (tertiary/aromatic N) is 1. The van der Waals surface area contributed by atoms with E-state index in [1.165, 1.54) is 58.2 Å². The number of hydrogen-bond donors (Lipinski definition) is 1. The predicted molar refractivity (Wildman–Crippen MR) is 76.1 cm³/mol. The molecule has 1 saturated heterocycles. The standard InChI is InChI=1S/C15H32N2/c1-13(2)8-6-4-5-7-10-17-11-9-15(16)14(3)12-17/h13-15H,4-12,16H2,1-3H3. The molecule has 2 nitrogen and oxygen atoms in total. The Morgan fingerprint density at radius 2 is 1.88 bits per heavy atom. The summed E-state index contributed by atoms with van der Waals surface area (Å²) < 4.78 is 0. The lowest BCUT2D eigenvalue weighted by Gasteiger charge is -2.35. The third kappa shape index (κ3) is 6.42. The molecule has 0 bridgehead atoms. The van der Waals surface area contributed by atoms with E-state index in [0.717, 1.165) is 5.92 Å². The van der Waals surface area contributed by atoms with Crippen LogP contribution in [0.3, 0.4) is 0 Å². The Bertz CT molecular complexity index is 191. The number of rotatable bonds is 7. The van der Waals surface area contributed by atoms with E-state index < -0.39 is 0 Å². The highest BCUT2D eigenvalue weighted by Gasteiger charge is 2.22. The number of hydrogen-bond acceptors (Lipinski definition) is 2. The van der Waals surface area contributed by atoms with Crippen molar-refractivity contribution >= 4 is 0 Å². The topological polar surface area (TPSA) is 29.3 Å². The van der Waals surface area contributed by atoms with Crippen molar-refractivity contribution in [2.75, 3.05) is 19.6 Å². The van der Waals surface area contributed by atoms with Gasteiger partial charge in [-0.25, -0.2) is 0 Å². The van der Waals surface area contributed by atoms with Crippen molar-refractivity contribution in [3.63, 3.8) is 0 Å². The van der Waals surface area contributed by atoms with E-state index in [1.807, 2.05) is 0 Å². The quantitative estimate of drug-likeness (QED) is 0.692. The van der Waals surface area contributed by atoms with Crippen LogP contribution >= 0.6 is 0 Å². The van der Waals surface area contributed by atoms with E-state index in [4.69, 9.17) is 5.73 Å².